The minimum atomic E-state index is -0.627. The summed E-state index contributed by atoms with van der Waals surface area (Å²) in [5, 5.41) is 1.67. The van der Waals surface area contributed by atoms with E-state index in [-0.39, 0.29) is 16.8 Å². The molecular formula is C24H25FN4O. The molecule has 0 bridgehead atoms. The summed E-state index contributed by atoms with van der Waals surface area (Å²) in [6.45, 7) is 6.31. The molecule has 6 heteroatoms. The summed E-state index contributed by atoms with van der Waals surface area (Å²) in [5.41, 5.74) is 8.01. The maximum absolute atomic E-state index is 15.4. The lowest BCUT2D eigenvalue weighted by molar-refractivity contribution is 0.100. The van der Waals surface area contributed by atoms with E-state index < -0.39 is 5.91 Å². The van der Waals surface area contributed by atoms with E-state index in [4.69, 9.17) is 5.73 Å². The number of hydrogen-bond donors (Lipinski definition) is 2. The van der Waals surface area contributed by atoms with Gasteiger partial charge in [-0.15, -0.1) is 5.92 Å². The molecule has 5 nitrogen and oxygen atoms in total. The van der Waals surface area contributed by atoms with Gasteiger partial charge in [-0.2, -0.15) is 0 Å². The van der Waals surface area contributed by atoms with Crippen LogP contribution < -0.4 is 10.6 Å². The third-order valence-electron chi connectivity index (χ3n) is 6.73. The van der Waals surface area contributed by atoms with Gasteiger partial charge < -0.3 is 15.6 Å². The van der Waals surface area contributed by atoms with Crippen LogP contribution in [0.15, 0.2) is 30.3 Å². The van der Waals surface area contributed by atoms with Gasteiger partial charge in [0.15, 0.2) is 0 Å². The first-order chi connectivity index (χ1) is 14.5. The molecule has 1 unspecified atom stereocenters. The Kier molecular flexibility index (Phi) is 4.44. The molecule has 2 aliphatic rings. The molecule has 1 aromatic heterocycles. The molecule has 30 heavy (non-hydrogen) atoms. The van der Waals surface area contributed by atoms with E-state index in [0.717, 1.165) is 61.9 Å². The molecule has 1 amide bonds. The number of anilines is 1. The van der Waals surface area contributed by atoms with E-state index in [2.05, 4.69) is 26.6 Å². The smallest absolute Gasteiger partial charge is 0.250 e. The van der Waals surface area contributed by atoms with Crippen molar-refractivity contribution in [1.29, 1.82) is 0 Å². The van der Waals surface area contributed by atoms with Crippen molar-refractivity contribution in [3.8, 4) is 11.8 Å². The van der Waals surface area contributed by atoms with E-state index >= 15 is 4.39 Å². The Hall–Kier alpha value is -3.04. The van der Waals surface area contributed by atoms with Crippen molar-refractivity contribution >= 4 is 33.4 Å². The number of aromatic amines is 1. The maximum Gasteiger partial charge on any atom is 0.250 e. The summed E-state index contributed by atoms with van der Waals surface area (Å²) < 4.78 is 15.4. The number of nitrogens with one attached hydrogen (secondary N) is 1. The number of nitrogens with two attached hydrogens (primary N) is 1. The molecule has 1 atom stereocenters. The number of aromatic nitrogens is 1. The number of halogens is 1. The number of carbonyl (C=O) groups excluding carboxylic acids is 1. The van der Waals surface area contributed by atoms with Crippen LogP contribution in [0.4, 0.5) is 10.1 Å². The first kappa shape index (κ1) is 19.0. The minimum absolute atomic E-state index is 0.169. The van der Waals surface area contributed by atoms with Crippen LogP contribution in [0.5, 0.6) is 0 Å². The zero-order valence-corrected chi connectivity index (χ0v) is 17.1. The van der Waals surface area contributed by atoms with Gasteiger partial charge in [0.25, 0.3) is 5.91 Å². The van der Waals surface area contributed by atoms with E-state index in [9.17, 15) is 4.79 Å². The Balaban J connectivity index is 1.58. The Morgan fingerprint density at radius 1 is 1.27 bits per heavy atom. The minimum Gasteiger partial charge on any atom is -0.368 e. The molecule has 2 aliphatic heterocycles. The Morgan fingerprint density at radius 3 is 2.87 bits per heavy atom. The molecule has 3 N–H and O–H groups in total. The van der Waals surface area contributed by atoms with E-state index in [1.165, 1.54) is 6.07 Å². The van der Waals surface area contributed by atoms with Gasteiger partial charge in [-0.1, -0.05) is 24.1 Å². The number of amides is 1. The Labute approximate surface area is 175 Å². The second-order valence-electron chi connectivity index (χ2n) is 8.60. The third kappa shape index (κ3) is 2.93. The van der Waals surface area contributed by atoms with Crippen LogP contribution in [0.25, 0.3) is 21.8 Å². The second-order valence-corrected chi connectivity index (χ2v) is 8.60. The normalized spacial score (nSPS) is 21.6. The van der Waals surface area contributed by atoms with Crippen LogP contribution in [0, 0.1) is 23.1 Å². The predicted molar refractivity (Wildman–Crippen MR) is 118 cm³/mol. The highest BCUT2D eigenvalue weighted by molar-refractivity contribution is 6.19. The molecule has 0 saturated carbocycles. The van der Waals surface area contributed by atoms with Crippen molar-refractivity contribution in [3.05, 3.63) is 41.7 Å². The van der Waals surface area contributed by atoms with Gasteiger partial charge in [0.1, 0.15) is 5.82 Å². The number of primary amides is 1. The first-order valence-corrected chi connectivity index (χ1v) is 10.4. The third-order valence-corrected chi connectivity index (χ3v) is 6.73. The highest BCUT2D eigenvalue weighted by atomic mass is 19.1. The van der Waals surface area contributed by atoms with E-state index in [0.29, 0.717) is 11.2 Å². The standard InChI is InChI=1S/C24H25FN4O/c1-2-3-10-28-11-8-24(14-28)9-12-29(15-24)22-18(25)13-17(23(26)30)21-20(22)16-6-4-5-7-19(16)27-21/h4-7,13,27H,8-12,14-15H2,1H3,(H2,26,30). The summed E-state index contributed by atoms with van der Waals surface area (Å²) in [4.78, 5) is 19.9. The molecule has 3 aromatic rings. The van der Waals surface area contributed by atoms with Gasteiger partial charge in [-0.05, 0) is 38.4 Å². The average Bonchev–Trinajstić information content (AvgIpc) is 3.43. The van der Waals surface area contributed by atoms with E-state index in [1.54, 1.807) is 0 Å². The zero-order chi connectivity index (χ0) is 20.9. The summed E-state index contributed by atoms with van der Waals surface area (Å²) in [7, 11) is 0. The number of hydrogen-bond acceptors (Lipinski definition) is 3. The largest absolute Gasteiger partial charge is 0.368 e. The van der Waals surface area contributed by atoms with E-state index in [1.807, 2.05) is 31.2 Å². The fourth-order valence-electron chi connectivity index (χ4n) is 5.29. The summed E-state index contributed by atoms with van der Waals surface area (Å²) in [6, 6.07) is 9.06. The predicted octanol–water partition coefficient (Wildman–Crippen LogP) is 3.48. The van der Waals surface area contributed by atoms with Crippen LogP contribution in [0.2, 0.25) is 0 Å². The monoisotopic (exact) mass is 404 g/mol. The number of para-hydroxylation sites is 1. The van der Waals surface area contributed by atoms with Crippen molar-refractivity contribution in [2.45, 2.75) is 19.8 Å². The van der Waals surface area contributed by atoms with Gasteiger partial charge in [0.05, 0.1) is 23.3 Å². The number of benzene rings is 2. The van der Waals surface area contributed by atoms with Crippen molar-refractivity contribution in [2.75, 3.05) is 37.6 Å². The molecule has 2 saturated heterocycles. The highest BCUT2D eigenvalue weighted by Crippen LogP contribution is 2.45. The van der Waals surface area contributed by atoms with Crippen LogP contribution >= 0.6 is 0 Å². The fourth-order valence-corrected chi connectivity index (χ4v) is 5.29. The fraction of sp³-hybridized carbons (Fsp3) is 0.375. The lowest BCUT2D eigenvalue weighted by atomic mass is 9.86. The van der Waals surface area contributed by atoms with Crippen molar-refractivity contribution < 1.29 is 9.18 Å². The van der Waals surface area contributed by atoms with Crippen LogP contribution in [0.3, 0.4) is 0 Å². The number of likely N-dealkylation sites (tertiary alicyclic amines) is 1. The molecule has 5 rings (SSSR count). The molecule has 154 valence electrons. The van der Waals surface area contributed by atoms with Gasteiger partial charge in [-0.25, -0.2) is 4.39 Å². The van der Waals surface area contributed by atoms with Gasteiger partial charge in [-0.3, -0.25) is 9.69 Å². The molecule has 1 spiro atoms. The topological polar surface area (TPSA) is 65.4 Å². The Bertz CT molecular complexity index is 1220. The van der Waals surface area contributed by atoms with Crippen LogP contribution in [-0.2, 0) is 0 Å². The first-order valence-electron chi connectivity index (χ1n) is 10.4. The Morgan fingerprint density at radius 2 is 2.07 bits per heavy atom. The number of H-pyrrole nitrogens is 1. The average molecular weight is 404 g/mol. The lowest BCUT2D eigenvalue weighted by Crippen LogP contribution is -2.31. The molecule has 0 aliphatic carbocycles. The van der Waals surface area contributed by atoms with Crippen LogP contribution in [-0.4, -0.2) is 48.5 Å². The zero-order valence-electron chi connectivity index (χ0n) is 17.1. The van der Waals surface area contributed by atoms with Gasteiger partial charge in [0.2, 0.25) is 0 Å². The lowest BCUT2D eigenvalue weighted by Gasteiger charge is -2.26. The van der Waals surface area contributed by atoms with Crippen molar-refractivity contribution in [1.82, 2.24) is 9.88 Å². The van der Waals surface area contributed by atoms with Crippen LogP contribution in [0.1, 0.15) is 30.1 Å². The molecule has 3 heterocycles. The van der Waals surface area contributed by atoms with Crippen molar-refractivity contribution in [3.63, 3.8) is 0 Å². The molecule has 2 aromatic carbocycles. The summed E-state index contributed by atoms with van der Waals surface area (Å²) in [5.74, 6) is 5.12. The number of rotatable bonds is 3. The molecule has 2 fully saturated rings. The van der Waals surface area contributed by atoms with Crippen molar-refractivity contribution in [2.24, 2.45) is 11.1 Å². The highest BCUT2D eigenvalue weighted by Gasteiger charge is 2.44. The summed E-state index contributed by atoms with van der Waals surface area (Å²) in [6.07, 6.45) is 2.14. The quantitative estimate of drug-likeness (QED) is 0.657. The SMILES string of the molecule is CC#CCN1CCC2(CCN(c3c(F)cc(C(N)=O)c4[nH]c5ccccc5c34)C2)C1. The number of nitrogens with zero attached hydrogens (tertiary/aromatic N) is 2. The second kappa shape index (κ2) is 7.03. The number of carbonyl (C=O) groups is 1. The maximum atomic E-state index is 15.4. The molecular weight excluding hydrogens is 379 g/mol. The summed E-state index contributed by atoms with van der Waals surface area (Å²) >= 11 is 0. The van der Waals surface area contributed by atoms with Gasteiger partial charge >= 0.3 is 0 Å². The molecule has 0 radical (unpaired) electrons. The number of fused-ring (bicyclic) bond motifs is 3. The van der Waals surface area contributed by atoms with Gasteiger partial charge in [0, 0.05) is 41.3 Å².